The Bertz CT molecular complexity index is 1220. The van der Waals surface area contributed by atoms with Crippen LogP contribution in [0.4, 0.5) is 0 Å². The summed E-state index contributed by atoms with van der Waals surface area (Å²) in [6.07, 6.45) is 1.70. The van der Waals surface area contributed by atoms with Gasteiger partial charge in [-0.15, -0.1) is 0 Å². The standard InChI is InChI=1S/C27H24O2.CHNO/c1-3-20-11-13-23(14-12-20)27(28)29-24-17-15-21(16-18-24)19(2)25-10-6-8-22-7-4-5-9-26(22)25;2-1-3/h4-19H,3H2,1-2H3;2H. The van der Waals surface area contributed by atoms with Crippen molar-refractivity contribution < 1.29 is 14.3 Å². The summed E-state index contributed by atoms with van der Waals surface area (Å²) >= 11 is 0. The van der Waals surface area contributed by atoms with E-state index in [1.807, 2.05) is 48.5 Å². The van der Waals surface area contributed by atoms with Gasteiger partial charge in [-0.25, -0.2) is 15.0 Å². The summed E-state index contributed by atoms with van der Waals surface area (Å²) in [5, 5.41) is 7.92. The van der Waals surface area contributed by atoms with Gasteiger partial charge in [0.15, 0.2) is 0 Å². The molecule has 32 heavy (non-hydrogen) atoms. The van der Waals surface area contributed by atoms with Crippen LogP contribution in [0.5, 0.6) is 5.75 Å². The van der Waals surface area contributed by atoms with E-state index in [-0.39, 0.29) is 11.9 Å². The first-order valence-corrected chi connectivity index (χ1v) is 10.5. The fraction of sp³-hybridized carbons (Fsp3) is 0.143. The van der Waals surface area contributed by atoms with Gasteiger partial charge in [-0.05, 0) is 58.1 Å². The van der Waals surface area contributed by atoms with E-state index in [0.29, 0.717) is 11.3 Å². The van der Waals surface area contributed by atoms with E-state index in [1.54, 1.807) is 0 Å². The number of hydrogen-bond donors (Lipinski definition) is 1. The summed E-state index contributed by atoms with van der Waals surface area (Å²) in [7, 11) is 0. The lowest BCUT2D eigenvalue weighted by atomic mass is 9.89. The Labute approximate surface area is 188 Å². The Morgan fingerprint density at radius 1 is 0.906 bits per heavy atom. The molecule has 0 aliphatic carbocycles. The van der Waals surface area contributed by atoms with Crippen molar-refractivity contribution in [3.63, 3.8) is 0 Å². The first-order valence-electron chi connectivity index (χ1n) is 10.5. The van der Waals surface area contributed by atoms with Gasteiger partial charge in [-0.1, -0.05) is 80.6 Å². The highest BCUT2D eigenvalue weighted by Gasteiger charge is 2.13. The number of nitrogens with one attached hydrogen (secondary N) is 1. The second kappa shape index (κ2) is 10.9. The van der Waals surface area contributed by atoms with Crippen molar-refractivity contribution in [1.29, 1.82) is 5.41 Å². The summed E-state index contributed by atoms with van der Waals surface area (Å²) in [6, 6.07) is 30.3. The molecule has 0 aromatic heterocycles. The molecule has 0 bridgehead atoms. The molecule has 0 fully saturated rings. The lowest BCUT2D eigenvalue weighted by molar-refractivity contribution is 0.0734. The van der Waals surface area contributed by atoms with E-state index in [2.05, 4.69) is 56.3 Å². The molecule has 160 valence electrons. The number of aryl methyl sites for hydroxylation is 1. The molecule has 1 atom stereocenters. The van der Waals surface area contributed by atoms with Gasteiger partial charge in [-0.3, -0.25) is 0 Å². The summed E-state index contributed by atoms with van der Waals surface area (Å²) < 4.78 is 5.55. The fourth-order valence-electron chi connectivity index (χ4n) is 3.67. The predicted octanol–water partition coefficient (Wildman–Crippen LogP) is 6.67. The predicted molar refractivity (Wildman–Crippen MR) is 127 cm³/mol. The minimum atomic E-state index is -0.331. The number of carbonyl (C=O) groups is 1. The smallest absolute Gasteiger partial charge is 0.343 e. The van der Waals surface area contributed by atoms with Crippen LogP contribution in [0.25, 0.3) is 10.8 Å². The van der Waals surface area contributed by atoms with Gasteiger partial charge in [0.1, 0.15) is 5.75 Å². The van der Waals surface area contributed by atoms with E-state index in [0.717, 1.165) is 12.5 Å². The molecule has 4 aromatic carbocycles. The normalized spacial score (nSPS) is 11.1. The summed E-state index contributed by atoms with van der Waals surface area (Å²) in [5.41, 5.74) is 4.25. The van der Waals surface area contributed by atoms with Crippen LogP contribution in [0.15, 0.2) is 91.0 Å². The van der Waals surface area contributed by atoms with Crippen LogP contribution in [0, 0.1) is 5.41 Å². The third kappa shape index (κ3) is 5.37. The SMILES string of the molecule is CCc1ccc(C(=O)Oc2ccc(C(C)c3cccc4ccccc34)cc2)cc1.N=C=O. The number of rotatable bonds is 5. The van der Waals surface area contributed by atoms with Crippen LogP contribution in [0.3, 0.4) is 0 Å². The van der Waals surface area contributed by atoms with Crippen molar-refractivity contribution in [2.24, 2.45) is 0 Å². The van der Waals surface area contributed by atoms with E-state index in [9.17, 15) is 4.79 Å². The first-order chi connectivity index (χ1) is 15.6. The highest BCUT2D eigenvalue weighted by molar-refractivity contribution is 5.91. The molecule has 0 spiro atoms. The quantitative estimate of drug-likeness (QED) is 0.169. The molecule has 4 aromatic rings. The van der Waals surface area contributed by atoms with E-state index in [1.165, 1.54) is 27.5 Å². The van der Waals surface area contributed by atoms with Crippen molar-refractivity contribution >= 4 is 22.8 Å². The summed E-state index contributed by atoms with van der Waals surface area (Å²) in [5.74, 6) is 0.471. The molecular weight excluding hydrogens is 398 g/mol. The molecule has 1 N–H and O–H groups in total. The Morgan fingerprint density at radius 2 is 1.53 bits per heavy atom. The number of ether oxygens (including phenoxy) is 1. The van der Waals surface area contributed by atoms with Gasteiger partial charge in [0.25, 0.3) is 0 Å². The van der Waals surface area contributed by atoms with Crippen molar-refractivity contribution in [1.82, 2.24) is 0 Å². The van der Waals surface area contributed by atoms with Crippen LogP contribution in [-0.2, 0) is 11.2 Å². The van der Waals surface area contributed by atoms with Crippen molar-refractivity contribution in [2.75, 3.05) is 0 Å². The van der Waals surface area contributed by atoms with Crippen LogP contribution in [-0.4, -0.2) is 12.0 Å². The van der Waals surface area contributed by atoms with Gasteiger partial charge in [-0.2, -0.15) is 0 Å². The summed E-state index contributed by atoms with van der Waals surface area (Å²) in [6.45, 7) is 4.30. The molecule has 0 saturated heterocycles. The average molecular weight is 424 g/mol. The summed E-state index contributed by atoms with van der Waals surface area (Å²) in [4.78, 5) is 20.7. The lowest BCUT2D eigenvalue weighted by Crippen LogP contribution is -2.08. The van der Waals surface area contributed by atoms with Gasteiger partial charge >= 0.3 is 5.97 Å². The van der Waals surface area contributed by atoms with Gasteiger partial charge in [0, 0.05) is 5.92 Å². The number of benzene rings is 4. The third-order valence-corrected chi connectivity index (χ3v) is 5.48. The van der Waals surface area contributed by atoms with Crippen molar-refractivity contribution in [3.05, 3.63) is 113 Å². The zero-order valence-corrected chi connectivity index (χ0v) is 18.2. The molecule has 0 radical (unpaired) electrons. The van der Waals surface area contributed by atoms with Gasteiger partial charge in [0.05, 0.1) is 5.56 Å². The molecule has 0 amide bonds. The Kier molecular flexibility index (Phi) is 7.69. The number of isocyanates is 1. The maximum atomic E-state index is 12.4. The number of carbonyl (C=O) groups excluding carboxylic acids is 2. The van der Waals surface area contributed by atoms with E-state index < -0.39 is 0 Å². The molecular formula is C28H25NO3. The molecule has 4 nitrogen and oxygen atoms in total. The minimum absolute atomic E-state index is 0.243. The van der Waals surface area contributed by atoms with Crippen LogP contribution in [0.2, 0.25) is 0 Å². The maximum absolute atomic E-state index is 12.4. The number of fused-ring (bicyclic) bond motifs is 1. The molecule has 4 heteroatoms. The van der Waals surface area contributed by atoms with Crippen LogP contribution >= 0.6 is 0 Å². The number of esters is 1. The highest BCUT2D eigenvalue weighted by atomic mass is 16.5. The van der Waals surface area contributed by atoms with Crippen molar-refractivity contribution in [2.45, 2.75) is 26.2 Å². The van der Waals surface area contributed by atoms with Crippen LogP contribution < -0.4 is 4.74 Å². The third-order valence-electron chi connectivity index (χ3n) is 5.48. The van der Waals surface area contributed by atoms with E-state index >= 15 is 0 Å². The van der Waals surface area contributed by atoms with Gasteiger partial charge in [0.2, 0.25) is 6.08 Å². The first kappa shape index (κ1) is 22.7. The maximum Gasteiger partial charge on any atom is 0.343 e. The zero-order valence-electron chi connectivity index (χ0n) is 18.2. The zero-order chi connectivity index (χ0) is 22.9. The Morgan fingerprint density at radius 3 is 2.19 bits per heavy atom. The fourth-order valence-corrected chi connectivity index (χ4v) is 3.67. The Balaban J connectivity index is 0.000000913. The molecule has 4 rings (SSSR count). The second-order valence-corrected chi connectivity index (χ2v) is 7.40. The molecule has 1 unspecified atom stereocenters. The molecule has 0 heterocycles. The molecule has 0 saturated carbocycles. The Hall–Kier alpha value is -4.01. The lowest BCUT2D eigenvalue weighted by Gasteiger charge is -2.16. The largest absolute Gasteiger partial charge is 0.423 e. The van der Waals surface area contributed by atoms with Crippen molar-refractivity contribution in [3.8, 4) is 5.75 Å². The molecule has 0 aliphatic rings. The highest BCUT2D eigenvalue weighted by Crippen LogP contribution is 2.31. The second-order valence-electron chi connectivity index (χ2n) is 7.40. The van der Waals surface area contributed by atoms with Gasteiger partial charge < -0.3 is 4.74 Å². The monoisotopic (exact) mass is 423 g/mol. The topological polar surface area (TPSA) is 67.2 Å². The van der Waals surface area contributed by atoms with Crippen LogP contribution in [0.1, 0.15) is 46.8 Å². The average Bonchev–Trinajstić information content (AvgIpc) is 2.84. The minimum Gasteiger partial charge on any atom is -0.423 e. The van der Waals surface area contributed by atoms with E-state index in [4.69, 9.17) is 14.9 Å². The number of hydrogen-bond acceptors (Lipinski definition) is 4. The molecule has 0 aliphatic heterocycles.